The zero-order chi connectivity index (χ0) is 22.1. The fourth-order valence-corrected chi connectivity index (χ4v) is 3.97. The van der Waals surface area contributed by atoms with E-state index in [9.17, 15) is 9.59 Å². The number of imidazole rings is 1. The van der Waals surface area contributed by atoms with Gasteiger partial charge in [0, 0.05) is 29.9 Å². The summed E-state index contributed by atoms with van der Waals surface area (Å²) in [5.74, 6) is 0.389. The predicted octanol–water partition coefficient (Wildman–Crippen LogP) is 4.95. The molecule has 0 bridgehead atoms. The van der Waals surface area contributed by atoms with Gasteiger partial charge in [-0.3, -0.25) is 9.59 Å². The van der Waals surface area contributed by atoms with Crippen molar-refractivity contribution >= 4 is 39.8 Å². The van der Waals surface area contributed by atoms with E-state index in [1.807, 2.05) is 63.7 Å². The van der Waals surface area contributed by atoms with Crippen LogP contribution in [0.1, 0.15) is 53.4 Å². The molecule has 158 valence electrons. The van der Waals surface area contributed by atoms with Crippen LogP contribution in [-0.2, 0) is 11.8 Å². The van der Waals surface area contributed by atoms with Crippen LogP contribution in [0, 0.1) is 12.3 Å². The fraction of sp³-hybridized carbons (Fsp3) is 0.318. The number of aromatic nitrogens is 2. The molecule has 0 radical (unpaired) electrons. The van der Waals surface area contributed by atoms with Crippen LogP contribution in [0.5, 0.6) is 0 Å². The number of carbonyl (C=O) groups is 2. The van der Waals surface area contributed by atoms with Gasteiger partial charge in [-0.2, -0.15) is 0 Å². The van der Waals surface area contributed by atoms with Crippen molar-refractivity contribution in [1.29, 1.82) is 0 Å². The van der Waals surface area contributed by atoms with Crippen LogP contribution in [0.3, 0.4) is 0 Å². The van der Waals surface area contributed by atoms with Crippen LogP contribution in [-0.4, -0.2) is 21.4 Å². The largest absolute Gasteiger partial charge is 0.337 e. The van der Waals surface area contributed by atoms with E-state index in [0.717, 1.165) is 11.1 Å². The van der Waals surface area contributed by atoms with E-state index in [4.69, 9.17) is 11.6 Å². The number of aryl methyl sites for hydroxylation is 2. The SMILES string of the molecule is Cc1cc(NC(=O)C(C)(C)C)sc1C(=O)N[C@@H](c1ccc(Cl)cc1)c1nccn1C. The molecule has 6 nitrogen and oxygen atoms in total. The van der Waals surface area contributed by atoms with E-state index in [1.165, 1.54) is 11.3 Å². The quantitative estimate of drug-likeness (QED) is 0.584. The highest BCUT2D eigenvalue weighted by Gasteiger charge is 2.25. The Morgan fingerprint density at radius 1 is 1.20 bits per heavy atom. The van der Waals surface area contributed by atoms with Gasteiger partial charge < -0.3 is 15.2 Å². The summed E-state index contributed by atoms with van der Waals surface area (Å²) in [4.78, 5) is 30.4. The minimum absolute atomic E-state index is 0.0947. The van der Waals surface area contributed by atoms with Gasteiger partial charge in [0.15, 0.2) is 0 Å². The second-order valence-corrected chi connectivity index (χ2v) is 9.67. The third-order valence-corrected chi connectivity index (χ3v) is 6.04. The molecule has 0 aliphatic heterocycles. The summed E-state index contributed by atoms with van der Waals surface area (Å²) in [6.45, 7) is 7.40. The molecule has 30 heavy (non-hydrogen) atoms. The van der Waals surface area contributed by atoms with E-state index in [-0.39, 0.29) is 11.8 Å². The van der Waals surface area contributed by atoms with Crippen molar-refractivity contribution in [3.8, 4) is 0 Å². The monoisotopic (exact) mass is 444 g/mol. The molecule has 0 spiro atoms. The molecule has 8 heteroatoms. The smallest absolute Gasteiger partial charge is 0.262 e. The summed E-state index contributed by atoms with van der Waals surface area (Å²) in [6.07, 6.45) is 3.53. The number of benzene rings is 1. The molecule has 2 heterocycles. The number of halogens is 1. The van der Waals surface area contributed by atoms with Crippen molar-refractivity contribution in [2.75, 3.05) is 5.32 Å². The number of hydrogen-bond acceptors (Lipinski definition) is 4. The van der Waals surface area contributed by atoms with Gasteiger partial charge in [-0.15, -0.1) is 11.3 Å². The molecule has 0 saturated heterocycles. The van der Waals surface area contributed by atoms with Gasteiger partial charge >= 0.3 is 0 Å². The van der Waals surface area contributed by atoms with Crippen LogP contribution < -0.4 is 10.6 Å². The normalized spacial score (nSPS) is 12.5. The summed E-state index contributed by atoms with van der Waals surface area (Å²) < 4.78 is 1.87. The molecule has 0 saturated carbocycles. The van der Waals surface area contributed by atoms with Crippen LogP contribution in [0.4, 0.5) is 5.00 Å². The number of rotatable bonds is 5. The molecule has 0 unspecified atom stereocenters. The maximum absolute atomic E-state index is 13.1. The summed E-state index contributed by atoms with van der Waals surface area (Å²) in [7, 11) is 1.88. The second-order valence-electron chi connectivity index (χ2n) is 8.18. The van der Waals surface area contributed by atoms with Crippen LogP contribution in [0.2, 0.25) is 5.02 Å². The number of amides is 2. The highest BCUT2D eigenvalue weighted by Crippen LogP contribution is 2.30. The zero-order valence-electron chi connectivity index (χ0n) is 17.6. The van der Waals surface area contributed by atoms with Gasteiger partial charge in [-0.25, -0.2) is 4.98 Å². The maximum Gasteiger partial charge on any atom is 0.262 e. The minimum atomic E-state index is -0.516. The van der Waals surface area contributed by atoms with Crippen molar-refractivity contribution in [1.82, 2.24) is 14.9 Å². The number of carbonyl (C=O) groups excluding carboxylic acids is 2. The summed E-state index contributed by atoms with van der Waals surface area (Å²) >= 11 is 7.29. The molecular weight excluding hydrogens is 420 g/mol. The molecule has 1 aromatic carbocycles. The highest BCUT2D eigenvalue weighted by molar-refractivity contribution is 7.18. The molecule has 2 amide bonds. The summed E-state index contributed by atoms with van der Waals surface area (Å²) in [6, 6.07) is 8.70. The lowest BCUT2D eigenvalue weighted by Crippen LogP contribution is -2.31. The molecule has 2 aromatic heterocycles. The molecule has 2 N–H and O–H groups in total. The molecule has 1 atom stereocenters. The Morgan fingerprint density at radius 2 is 1.87 bits per heavy atom. The predicted molar refractivity (Wildman–Crippen MR) is 121 cm³/mol. The molecule has 0 aliphatic carbocycles. The Bertz CT molecular complexity index is 1060. The zero-order valence-corrected chi connectivity index (χ0v) is 19.2. The fourth-order valence-electron chi connectivity index (χ4n) is 2.87. The molecule has 3 rings (SSSR count). The van der Waals surface area contributed by atoms with Gasteiger partial charge in [0.2, 0.25) is 5.91 Å². The van der Waals surface area contributed by atoms with E-state index in [2.05, 4.69) is 15.6 Å². The first-order valence-electron chi connectivity index (χ1n) is 9.51. The van der Waals surface area contributed by atoms with Crippen molar-refractivity contribution in [3.05, 3.63) is 69.6 Å². The Labute approximate surface area is 185 Å². The summed E-state index contributed by atoms with van der Waals surface area (Å²) in [5.41, 5.74) is 1.16. The van der Waals surface area contributed by atoms with E-state index < -0.39 is 11.5 Å². The number of nitrogens with one attached hydrogen (secondary N) is 2. The Morgan fingerprint density at radius 3 is 2.43 bits per heavy atom. The summed E-state index contributed by atoms with van der Waals surface area (Å²) in [5, 5.41) is 7.25. The van der Waals surface area contributed by atoms with Gasteiger partial charge in [0.25, 0.3) is 5.91 Å². The highest BCUT2D eigenvalue weighted by atomic mass is 35.5. The Kier molecular flexibility index (Phi) is 6.33. The van der Waals surface area contributed by atoms with Crippen molar-refractivity contribution in [2.24, 2.45) is 12.5 Å². The van der Waals surface area contributed by atoms with Gasteiger partial charge in [-0.1, -0.05) is 44.5 Å². The third kappa shape index (κ3) is 4.91. The van der Waals surface area contributed by atoms with Crippen LogP contribution in [0.25, 0.3) is 0 Å². The standard InChI is InChI=1S/C22H25ClN4O2S/c1-13-12-16(25-21(29)22(2,3)4)30-18(13)20(28)26-17(19-24-10-11-27(19)5)14-6-8-15(23)9-7-14/h6-12,17H,1-5H3,(H,25,29)(H,26,28)/t17-/m0/s1. The van der Waals surface area contributed by atoms with Gasteiger partial charge in [-0.05, 0) is 36.2 Å². The molecule has 3 aromatic rings. The first-order chi connectivity index (χ1) is 14.1. The van der Waals surface area contributed by atoms with E-state index in [0.29, 0.717) is 20.7 Å². The van der Waals surface area contributed by atoms with Gasteiger partial charge in [0.05, 0.1) is 9.88 Å². The van der Waals surface area contributed by atoms with Crippen molar-refractivity contribution in [2.45, 2.75) is 33.7 Å². The minimum Gasteiger partial charge on any atom is -0.337 e. The third-order valence-electron chi connectivity index (χ3n) is 4.64. The Hall–Kier alpha value is -2.64. The van der Waals surface area contributed by atoms with Crippen LogP contribution in [0.15, 0.2) is 42.7 Å². The molecular formula is C22H25ClN4O2S. The first-order valence-corrected chi connectivity index (χ1v) is 10.7. The van der Waals surface area contributed by atoms with E-state index >= 15 is 0 Å². The van der Waals surface area contributed by atoms with Gasteiger partial charge in [0.1, 0.15) is 11.9 Å². The molecule has 0 aliphatic rings. The molecule has 0 fully saturated rings. The lowest BCUT2D eigenvalue weighted by atomic mass is 9.96. The topological polar surface area (TPSA) is 76.0 Å². The van der Waals surface area contributed by atoms with Crippen LogP contribution >= 0.6 is 22.9 Å². The lowest BCUT2D eigenvalue weighted by molar-refractivity contribution is -0.123. The first kappa shape index (κ1) is 22.1. The average Bonchev–Trinajstić information content (AvgIpc) is 3.25. The lowest BCUT2D eigenvalue weighted by Gasteiger charge is -2.19. The number of anilines is 1. The average molecular weight is 445 g/mol. The number of hydrogen-bond donors (Lipinski definition) is 2. The Balaban J connectivity index is 1.87. The van der Waals surface area contributed by atoms with Crippen molar-refractivity contribution in [3.63, 3.8) is 0 Å². The van der Waals surface area contributed by atoms with E-state index in [1.54, 1.807) is 18.3 Å². The maximum atomic E-state index is 13.1. The van der Waals surface area contributed by atoms with Crippen molar-refractivity contribution < 1.29 is 9.59 Å². The number of nitrogens with zero attached hydrogens (tertiary/aromatic N) is 2. The second kappa shape index (κ2) is 8.62. The number of thiophene rings is 1.